The lowest BCUT2D eigenvalue weighted by Gasteiger charge is -2.15. The molecule has 112 valence electrons. The topological polar surface area (TPSA) is 47.3 Å². The molecule has 3 rings (SSSR count). The zero-order valence-electron chi connectivity index (χ0n) is 11.1. The second kappa shape index (κ2) is 4.77. The zero-order chi connectivity index (χ0) is 15.2. The van der Waals surface area contributed by atoms with Crippen LogP contribution in [-0.4, -0.2) is 22.0 Å². The third-order valence-electron chi connectivity index (χ3n) is 3.70. The molecule has 1 aromatic heterocycles. The number of fused-ring (bicyclic) bond motifs is 1. The molecule has 0 bridgehead atoms. The second-order valence-electron chi connectivity index (χ2n) is 4.96. The van der Waals surface area contributed by atoms with Crippen molar-refractivity contribution in [3.63, 3.8) is 0 Å². The van der Waals surface area contributed by atoms with Gasteiger partial charge >= 0.3 is 6.18 Å². The summed E-state index contributed by atoms with van der Waals surface area (Å²) in [6, 6.07) is 5.65. The Bertz CT molecular complexity index is 666. The second-order valence-corrected chi connectivity index (χ2v) is 4.96. The average Bonchev–Trinajstić information content (AvgIpc) is 3.03. The number of hydrogen-bond donors (Lipinski definition) is 1. The lowest BCUT2D eigenvalue weighted by atomic mass is 10.1. The third-order valence-corrected chi connectivity index (χ3v) is 3.70. The Kier molecular flexibility index (Phi) is 3.16. The smallest absolute Gasteiger partial charge is 0.435 e. The van der Waals surface area contributed by atoms with Crippen LogP contribution in [0, 0.1) is 0 Å². The number of aliphatic hydroxyl groups excluding tert-OH is 1. The van der Waals surface area contributed by atoms with Crippen molar-refractivity contribution in [2.75, 3.05) is 7.11 Å². The predicted octanol–water partition coefficient (Wildman–Crippen LogP) is 2.74. The summed E-state index contributed by atoms with van der Waals surface area (Å²) in [6.45, 7) is 0. The van der Waals surface area contributed by atoms with Gasteiger partial charge in [0.25, 0.3) is 0 Å². The highest BCUT2D eigenvalue weighted by Crippen LogP contribution is 2.41. The molecule has 0 fully saturated rings. The Hall–Kier alpha value is -2.02. The fraction of sp³-hybridized carbons (Fsp3) is 0.357. The van der Waals surface area contributed by atoms with Crippen LogP contribution < -0.4 is 4.74 Å². The lowest BCUT2D eigenvalue weighted by molar-refractivity contribution is -0.141. The number of halogens is 3. The van der Waals surface area contributed by atoms with Crippen LogP contribution >= 0.6 is 0 Å². The number of alkyl halides is 3. The molecular weight excluding hydrogens is 285 g/mol. The van der Waals surface area contributed by atoms with E-state index in [0.717, 1.165) is 11.6 Å². The molecule has 21 heavy (non-hydrogen) atoms. The summed E-state index contributed by atoms with van der Waals surface area (Å²) in [7, 11) is 1.52. The normalized spacial score (nSPS) is 21.4. The Labute approximate surface area is 118 Å². The minimum absolute atomic E-state index is 0.430. The number of benzene rings is 1. The van der Waals surface area contributed by atoms with E-state index in [2.05, 4.69) is 5.10 Å². The van der Waals surface area contributed by atoms with Crippen LogP contribution in [0.15, 0.2) is 30.5 Å². The first-order valence-electron chi connectivity index (χ1n) is 6.37. The van der Waals surface area contributed by atoms with Crippen LogP contribution in [0.4, 0.5) is 13.2 Å². The maximum absolute atomic E-state index is 12.6. The first kappa shape index (κ1) is 13.9. The van der Waals surface area contributed by atoms with Gasteiger partial charge in [-0.2, -0.15) is 18.3 Å². The van der Waals surface area contributed by atoms with Crippen LogP contribution in [0.25, 0.3) is 0 Å². The van der Waals surface area contributed by atoms with E-state index in [1.165, 1.54) is 18.0 Å². The number of nitrogens with zero attached hydrogens (tertiary/aromatic N) is 2. The quantitative estimate of drug-likeness (QED) is 0.927. The Morgan fingerprint density at radius 2 is 2.10 bits per heavy atom. The molecule has 2 unspecified atom stereocenters. The summed E-state index contributed by atoms with van der Waals surface area (Å²) >= 11 is 0. The van der Waals surface area contributed by atoms with Crippen LogP contribution in [0.1, 0.15) is 29.0 Å². The van der Waals surface area contributed by atoms with Crippen molar-refractivity contribution in [3.05, 3.63) is 47.3 Å². The van der Waals surface area contributed by atoms with Crippen LogP contribution in [0.5, 0.6) is 5.75 Å². The fourth-order valence-corrected chi connectivity index (χ4v) is 2.62. The largest absolute Gasteiger partial charge is 0.497 e. The molecule has 4 nitrogen and oxygen atoms in total. The molecule has 0 aliphatic heterocycles. The van der Waals surface area contributed by atoms with Crippen molar-refractivity contribution < 1.29 is 23.0 Å². The molecule has 0 saturated carbocycles. The predicted molar refractivity (Wildman–Crippen MR) is 67.9 cm³/mol. The van der Waals surface area contributed by atoms with Gasteiger partial charge in [0.1, 0.15) is 11.9 Å². The Balaban J connectivity index is 1.91. The third kappa shape index (κ3) is 2.37. The number of ether oxygens (including phenoxy) is 1. The van der Waals surface area contributed by atoms with Crippen molar-refractivity contribution in [1.82, 2.24) is 9.78 Å². The van der Waals surface area contributed by atoms with E-state index in [1.54, 1.807) is 12.1 Å². The molecule has 0 spiro atoms. The Morgan fingerprint density at radius 3 is 2.71 bits per heavy atom. The summed E-state index contributed by atoms with van der Waals surface area (Å²) in [6.07, 6.45) is -3.71. The fourth-order valence-electron chi connectivity index (χ4n) is 2.62. The number of hydrogen-bond acceptors (Lipinski definition) is 3. The summed E-state index contributed by atoms with van der Waals surface area (Å²) in [4.78, 5) is 0. The lowest BCUT2D eigenvalue weighted by Crippen LogP contribution is -2.16. The summed E-state index contributed by atoms with van der Waals surface area (Å²) in [5.74, 6) is 0.602. The first-order chi connectivity index (χ1) is 9.90. The van der Waals surface area contributed by atoms with Crippen molar-refractivity contribution in [2.24, 2.45) is 0 Å². The summed E-state index contributed by atoms with van der Waals surface area (Å²) < 4.78 is 44.1. The van der Waals surface area contributed by atoms with Crippen molar-refractivity contribution in [2.45, 2.75) is 24.7 Å². The molecule has 1 aliphatic rings. The van der Waals surface area contributed by atoms with E-state index in [-0.39, 0.29) is 0 Å². The molecule has 0 radical (unpaired) electrons. The number of aliphatic hydroxyl groups is 1. The molecule has 0 saturated heterocycles. The van der Waals surface area contributed by atoms with E-state index in [9.17, 15) is 18.3 Å². The number of methoxy groups -OCH3 is 1. The molecule has 2 aromatic rings. The number of aromatic nitrogens is 2. The van der Waals surface area contributed by atoms with Gasteiger partial charge in [-0.3, -0.25) is 4.68 Å². The van der Waals surface area contributed by atoms with Gasteiger partial charge in [0.15, 0.2) is 5.69 Å². The molecule has 1 aliphatic carbocycles. The van der Waals surface area contributed by atoms with Crippen LogP contribution in [-0.2, 0) is 12.6 Å². The highest BCUT2D eigenvalue weighted by Gasteiger charge is 2.37. The van der Waals surface area contributed by atoms with Gasteiger partial charge in [0.05, 0.1) is 13.2 Å². The maximum Gasteiger partial charge on any atom is 0.435 e. The van der Waals surface area contributed by atoms with Gasteiger partial charge in [0, 0.05) is 6.20 Å². The van der Waals surface area contributed by atoms with Crippen LogP contribution in [0.3, 0.4) is 0 Å². The van der Waals surface area contributed by atoms with Crippen molar-refractivity contribution >= 4 is 0 Å². The summed E-state index contributed by atoms with van der Waals surface area (Å²) in [5, 5.41) is 13.9. The molecule has 2 atom stereocenters. The number of rotatable bonds is 2. The molecular formula is C14H13F3N2O2. The first-order valence-corrected chi connectivity index (χ1v) is 6.37. The van der Waals surface area contributed by atoms with Gasteiger partial charge in [-0.05, 0) is 35.7 Å². The van der Waals surface area contributed by atoms with E-state index in [0.29, 0.717) is 17.7 Å². The van der Waals surface area contributed by atoms with Gasteiger partial charge in [-0.15, -0.1) is 0 Å². The SMILES string of the molecule is COc1ccc2c(c1)C(O)C(n1ccc(C(F)(F)F)n1)C2. The molecule has 1 heterocycles. The van der Waals surface area contributed by atoms with Gasteiger partial charge in [-0.25, -0.2) is 0 Å². The van der Waals surface area contributed by atoms with Crippen LogP contribution in [0.2, 0.25) is 0 Å². The van der Waals surface area contributed by atoms with Gasteiger partial charge in [-0.1, -0.05) is 6.07 Å². The molecule has 0 amide bonds. The molecule has 1 aromatic carbocycles. The van der Waals surface area contributed by atoms with E-state index in [4.69, 9.17) is 4.74 Å². The van der Waals surface area contributed by atoms with Gasteiger partial charge in [0.2, 0.25) is 0 Å². The maximum atomic E-state index is 12.6. The van der Waals surface area contributed by atoms with Crippen molar-refractivity contribution in [1.29, 1.82) is 0 Å². The van der Waals surface area contributed by atoms with Crippen molar-refractivity contribution in [3.8, 4) is 5.75 Å². The van der Waals surface area contributed by atoms with E-state index >= 15 is 0 Å². The molecule has 7 heteroatoms. The van der Waals surface area contributed by atoms with E-state index < -0.39 is 24.0 Å². The molecule has 1 N–H and O–H groups in total. The standard InChI is InChI=1S/C14H13F3N2O2/c1-21-9-3-2-8-6-11(13(20)10(8)7-9)19-5-4-12(18-19)14(15,16)17/h2-5,7,11,13,20H,6H2,1H3. The van der Waals surface area contributed by atoms with Gasteiger partial charge < -0.3 is 9.84 Å². The zero-order valence-corrected chi connectivity index (χ0v) is 11.1. The summed E-state index contributed by atoms with van der Waals surface area (Å²) in [5.41, 5.74) is 0.601. The monoisotopic (exact) mass is 298 g/mol. The average molecular weight is 298 g/mol. The highest BCUT2D eigenvalue weighted by atomic mass is 19.4. The van der Waals surface area contributed by atoms with E-state index in [1.807, 2.05) is 6.07 Å². The minimum Gasteiger partial charge on any atom is -0.497 e. The highest BCUT2D eigenvalue weighted by molar-refractivity contribution is 5.41. The Morgan fingerprint density at radius 1 is 1.33 bits per heavy atom. The minimum atomic E-state index is -4.48.